The summed E-state index contributed by atoms with van der Waals surface area (Å²) in [6.07, 6.45) is -3.93. The number of sulfone groups is 1. The van der Waals surface area contributed by atoms with Crippen molar-refractivity contribution in [2.75, 3.05) is 6.26 Å². The molecule has 0 spiro atoms. The van der Waals surface area contributed by atoms with Crippen LogP contribution in [0.15, 0.2) is 56.1 Å². The van der Waals surface area contributed by atoms with Gasteiger partial charge in [0.25, 0.3) is 10.0 Å². The topological polar surface area (TPSA) is 144 Å². The zero-order chi connectivity index (χ0) is 26.0. The second kappa shape index (κ2) is 7.88. The number of halogens is 3. The number of rotatable bonds is 7. The normalized spacial score (nSPS) is 22.8. The average Bonchev–Trinajstić information content (AvgIpc) is 3.17. The summed E-state index contributed by atoms with van der Waals surface area (Å²) in [7, 11) is -8.03. The van der Waals surface area contributed by atoms with E-state index in [1.807, 2.05) is 0 Å². The molecule has 15 heteroatoms. The SMILES string of the molecule is CC1(c2cccc(S(C)(=O)=O)c2)CC1(NS(=O)(=O)c1ccc(-c2cc(C(F)(F)F)on2)s1)C(=O)O. The Morgan fingerprint density at radius 2 is 1.86 bits per heavy atom. The zero-order valence-electron chi connectivity index (χ0n) is 18.0. The summed E-state index contributed by atoms with van der Waals surface area (Å²) in [5.41, 5.74) is -3.14. The molecule has 2 unspecified atom stereocenters. The molecule has 0 aliphatic heterocycles. The molecule has 1 fully saturated rings. The van der Waals surface area contributed by atoms with Crippen LogP contribution in [0.2, 0.25) is 0 Å². The highest BCUT2D eigenvalue weighted by molar-refractivity contribution is 7.91. The van der Waals surface area contributed by atoms with E-state index >= 15 is 0 Å². The molecule has 1 aromatic carbocycles. The van der Waals surface area contributed by atoms with Crippen LogP contribution in [-0.4, -0.2) is 44.9 Å². The molecule has 1 saturated carbocycles. The third-order valence-electron chi connectivity index (χ3n) is 5.90. The molecule has 0 amide bonds. The smallest absolute Gasteiger partial charge is 0.452 e. The molecule has 4 rings (SSSR count). The molecule has 1 aliphatic carbocycles. The lowest BCUT2D eigenvalue weighted by molar-refractivity contribution is -0.155. The molecule has 2 aromatic heterocycles. The largest absolute Gasteiger partial charge is 0.480 e. The maximum atomic E-state index is 13.1. The molecular weight excluding hydrogens is 533 g/mol. The van der Waals surface area contributed by atoms with Gasteiger partial charge in [0, 0.05) is 17.7 Å². The minimum Gasteiger partial charge on any atom is -0.480 e. The highest BCUT2D eigenvalue weighted by Crippen LogP contribution is 2.58. The maximum Gasteiger partial charge on any atom is 0.452 e. The Kier molecular flexibility index (Phi) is 5.70. The Morgan fingerprint density at radius 3 is 2.43 bits per heavy atom. The van der Waals surface area contributed by atoms with Crippen molar-refractivity contribution in [2.24, 2.45) is 0 Å². The lowest BCUT2D eigenvalue weighted by atomic mass is 9.93. The van der Waals surface area contributed by atoms with Crippen LogP contribution in [0.1, 0.15) is 24.7 Å². The van der Waals surface area contributed by atoms with Gasteiger partial charge >= 0.3 is 12.1 Å². The second-order valence-corrected chi connectivity index (χ2v) is 13.3. The van der Waals surface area contributed by atoms with Crippen molar-refractivity contribution in [3.05, 3.63) is 53.8 Å². The third-order valence-corrected chi connectivity index (χ3v) is 10.1. The Balaban J connectivity index is 1.65. The first-order valence-corrected chi connectivity index (χ1v) is 13.9. The number of hydrogen-bond acceptors (Lipinski definition) is 8. The number of alkyl halides is 3. The van der Waals surface area contributed by atoms with E-state index in [4.69, 9.17) is 0 Å². The van der Waals surface area contributed by atoms with Crippen molar-refractivity contribution >= 4 is 37.2 Å². The number of aromatic nitrogens is 1. The van der Waals surface area contributed by atoms with Crippen molar-refractivity contribution in [3.63, 3.8) is 0 Å². The average molecular weight is 551 g/mol. The summed E-state index contributed by atoms with van der Waals surface area (Å²) >= 11 is 0.586. The molecule has 2 N–H and O–H groups in total. The molecule has 0 saturated heterocycles. The fourth-order valence-corrected chi connectivity index (χ4v) is 7.20. The van der Waals surface area contributed by atoms with E-state index in [0.717, 1.165) is 12.3 Å². The number of thiophene rings is 1. The third kappa shape index (κ3) is 4.37. The fourth-order valence-electron chi connectivity index (χ4n) is 3.82. The van der Waals surface area contributed by atoms with Gasteiger partial charge in [0.1, 0.15) is 15.4 Å². The van der Waals surface area contributed by atoms with Gasteiger partial charge in [-0.3, -0.25) is 4.79 Å². The molecule has 1 aliphatic rings. The van der Waals surface area contributed by atoms with Gasteiger partial charge in [0.2, 0.25) is 5.76 Å². The van der Waals surface area contributed by atoms with Crippen LogP contribution in [0.25, 0.3) is 10.6 Å². The fraction of sp³-hybridized carbons (Fsp3) is 0.300. The molecule has 35 heavy (non-hydrogen) atoms. The second-order valence-electron chi connectivity index (χ2n) is 8.32. The number of nitrogens with zero attached hydrogens (tertiary/aromatic N) is 1. The number of nitrogens with one attached hydrogen (secondary N) is 1. The van der Waals surface area contributed by atoms with Gasteiger partial charge in [-0.1, -0.05) is 24.2 Å². The Morgan fingerprint density at radius 1 is 1.17 bits per heavy atom. The maximum absolute atomic E-state index is 13.1. The number of aliphatic carboxylic acids is 1. The zero-order valence-corrected chi connectivity index (χ0v) is 20.4. The van der Waals surface area contributed by atoms with Gasteiger partial charge in [-0.05, 0) is 36.2 Å². The summed E-state index contributed by atoms with van der Waals surface area (Å²) in [6, 6.07) is 8.57. The summed E-state index contributed by atoms with van der Waals surface area (Å²) < 4.78 is 94.4. The molecule has 2 heterocycles. The van der Waals surface area contributed by atoms with Crippen LogP contribution in [0.5, 0.6) is 0 Å². The van der Waals surface area contributed by atoms with Gasteiger partial charge in [-0.25, -0.2) is 16.8 Å². The van der Waals surface area contributed by atoms with Crippen LogP contribution in [-0.2, 0) is 36.2 Å². The van der Waals surface area contributed by atoms with Gasteiger partial charge < -0.3 is 9.63 Å². The number of carbonyl (C=O) groups is 1. The Hall–Kier alpha value is -2.75. The Labute approximate surface area is 201 Å². The van der Waals surface area contributed by atoms with E-state index in [9.17, 15) is 39.9 Å². The molecule has 0 radical (unpaired) electrons. The lowest BCUT2D eigenvalue weighted by Gasteiger charge is -2.21. The van der Waals surface area contributed by atoms with E-state index in [0.29, 0.717) is 23.0 Å². The van der Waals surface area contributed by atoms with Crippen molar-refractivity contribution in [1.82, 2.24) is 9.88 Å². The molecule has 9 nitrogen and oxygen atoms in total. The van der Waals surface area contributed by atoms with Crippen LogP contribution in [0, 0.1) is 0 Å². The number of carboxylic acid groups (broad SMARTS) is 1. The van der Waals surface area contributed by atoms with Crippen LogP contribution >= 0.6 is 11.3 Å². The summed E-state index contributed by atoms with van der Waals surface area (Å²) in [5.74, 6) is -2.81. The van der Waals surface area contributed by atoms with Crippen molar-refractivity contribution in [3.8, 4) is 10.6 Å². The van der Waals surface area contributed by atoms with E-state index in [-0.39, 0.29) is 26.1 Å². The van der Waals surface area contributed by atoms with Crippen molar-refractivity contribution in [2.45, 2.75) is 39.6 Å². The van der Waals surface area contributed by atoms with E-state index < -0.39 is 48.7 Å². The van der Waals surface area contributed by atoms with Gasteiger partial charge in [0.05, 0.1) is 9.77 Å². The van der Waals surface area contributed by atoms with Crippen molar-refractivity contribution in [1.29, 1.82) is 0 Å². The number of hydrogen-bond donors (Lipinski definition) is 2. The number of sulfonamides is 1. The first-order chi connectivity index (χ1) is 16.0. The first kappa shape index (κ1) is 25.3. The minimum absolute atomic E-state index is 0.0426. The monoisotopic (exact) mass is 550 g/mol. The summed E-state index contributed by atoms with van der Waals surface area (Å²) in [5, 5.41) is 13.2. The van der Waals surface area contributed by atoms with Crippen molar-refractivity contribution < 1.29 is 44.4 Å². The van der Waals surface area contributed by atoms with E-state index in [1.165, 1.54) is 37.3 Å². The quantitative estimate of drug-likeness (QED) is 0.456. The van der Waals surface area contributed by atoms with E-state index in [1.54, 1.807) is 0 Å². The van der Waals surface area contributed by atoms with Crippen LogP contribution in [0.3, 0.4) is 0 Å². The standard InChI is InChI=1S/C20H17F3N2O7S3/c1-18(11-4-3-5-12(8-11)34(2,28)29)10-19(18,17(26)27)25-35(30,31)16-7-6-14(33-16)13-9-15(32-24-13)20(21,22)23/h3-9,25H,10H2,1-2H3,(H,26,27). The van der Waals surface area contributed by atoms with Gasteiger partial charge in [-0.2, -0.15) is 17.9 Å². The highest BCUT2D eigenvalue weighted by atomic mass is 32.2. The summed E-state index contributed by atoms with van der Waals surface area (Å²) in [6.45, 7) is 1.50. The van der Waals surface area contributed by atoms with Crippen LogP contribution < -0.4 is 4.72 Å². The molecular formula is C20H17F3N2O7S3. The number of benzene rings is 1. The highest BCUT2D eigenvalue weighted by Gasteiger charge is 2.72. The van der Waals surface area contributed by atoms with Crippen LogP contribution in [0.4, 0.5) is 13.2 Å². The predicted molar refractivity (Wildman–Crippen MR) is 117 cm³/mol. The first-order valence-electron chi connectivity index (χ1n) is 9.72. The predicted octanol–water partition coefficient (Wildman–Crippen LogP) is 3.29. The lowest BCUT2D eigenvalue weighted by Crippen LogP contribution is -2.48. The minimum atomic E-state index is -4.77. The van der Waals surface area contributed by atoms with Gasteiger partial charge in [-0.15, -0.1) is 11.3 Å². The molecule has 188 valence electrons. The molecule has 3 aromatic rings. The molecule has 0 bridgehead atoms. The Bertz CT molecular complexity index is 1540. The van der Waals surface area contributed by atoms with E-state index in [2.05, 4.69) is 14.4 Å². The molecule has 2 atom stereocenters. The summed E-state index contributed by atoms with van der Waals surface area (Å²) in [4.78, 5) is 12.2. The number of carboxylic acids is 1. The van der Waals surface area contributed by atoms with Gasteiger partial charge in [0.15, 0.2) is 9.84 Å².